The summed E-state index contributed by atoms with van der Waals surface area (Å²) in [5.41, 5.74) is 5.25. The summed E-state index contributed by atoms with van der Waals surface area (Å²) in [7, 11) is 0. The maximum Gasteiger partial charge on any atom is 0.401 e. The van der Waals surface area contributed by atoms with Gasteiger partial charge >= 0.3 is 6.18 Å². The first kappa shape index (κ1) is 24.8. The lowest BCUT2D eigenvalue weighted by atomic mass is 9.89. The van der Waals surface area contributed by atoms with Gasteiger partial charge in [-0.05, 0) is 46.2 Å². The fourth-order valence-electron chi connectivity index (χ4n) is 3.09. The zero-order chi connectivity index (χ0) is 25.4. The number of pyridine rings is 1. The molecule has 0 saturated carbocycles. The molecule has 0 aliphatic carbocycles. The van der Waals surface area contributed by atoms with Crippen LogP contribution in [0.1, 0.15) is 63.5 Å². The Labute approximate surface area is 193 Å². The highest BCUT2D eigenvalue weighted by molar-refractivity contribution is 5.94. The van der Waals surface area contributed by atoms with Crippen molar-refractivity contribution in [3.05, 3.63) is 41.3 Å². The van der Waals surface area contributed by atoms with E-state index >= 15 is 0 Å². The summed E-state index contributed by atoms with van der Waals surface area (Å²) >= 11 is 0. The van der Waals surface area contributed by atoms with Crippen LogP contribution in [-0.4, -0.2) is 32.0 Å². The van der Waals surface area contributed by atoms with Gasteiger partial charge in [-0.15, -0.1) is 0 Å². The molecule has 3 N–H and O–H groups in total. The fourth-order valence-corrected chi connectivity index (χ4v) is 3.09. The molecule has 3 aromatic heterocycles. The van der Waals surface area contributed by atoms with Crippen molar-refractivity contribution in [1.29, 1.82) is 5.26 Å². The summed E-state index contributed by atoms with van der Waals surface area (Å²) in [5.74, 6) is -1.51. The molecule has 1 unspecified atom stereocenters. The van der Waals surface area contributed by atoms with Crippen LogP contribution in [0.4, 0.5) is 24.8 Å². The number of nitrogens with zero attached hydrogens (tertiary/aromatic N) is 5. The van der Waals surface area contributed by atoms with Gasteiger partial charge in [0.25, 0.3) is 0 Å². The van der Waals surface area contributed by atoms with Crippen molar-refractivity contribution < 1.29 is 22.5 Å². The predicted molar refractivity (Wildman–Crippen MR) is 118 cm³/mol. The van der Waals surface area contributed by atoms with E-state index in [0.29, 0.717) is 17.0 Å². The maximum absolute atomic E-state index is 13.2. The molecule has 3 aromatic rings. The molecule has 0 aliphatic rings. The standard InChI is InChI=1S/C22H24F3N7O2/c1-11(2)32-19(27)14(9-26)18(30-32)15-7-6-13(10-28-15)12(3)20(33)29-17-8-16(34-31-17)21(4,5)22(23,24)25/h6-8,10-12H,27H2,1-5H3,(H,29,31,33). The van der Waals surface area contributed by atoms with E-state index < -0.39 is 29.2 Å². The molecule has 1 amide bonds. The average molecular weight is 475 g/mol. The third-order valence-electron chi connectivity index (χ3n) is 5.56. The zero-order valence-electron chi connectivity index (χ0n) is 19.2. The number of rotatable bonds is 6. The van der Waals surface area contributed by atoms with Crippen LogP contribution in [0.5, 0.6) is 0 Å². The molecule has 3 rings (SSSR count). The molecule has 9 nitrogen and oxygen atoms in total. The van der Waals surface area contributed by atoms with Crippen LogP contribution in [0, 0.1) is 11.3 Å². The van der Waals surface area contributed by atoms with E-state index in [-0.39, 0.29) is 23.2 Å². The lowest BCUT2D eigenvalue weighted by Crippen LogP contribution is -2.35. The number of carbonyl (C=O) groups excluding carboxylic acids is 1. The highest BCUT2D eigenvalue weighted by atomic mass is 19.4. The number of hydrogen-bond acceptors (Lipinski definition) is 7. The number of halogens is 3. The third-order valence-corrected chi connectivity index (χ3v) is 5.56. The lowest BCUT2D eigenvalue weighted by Gasteiger charge is -2.24. The molecule has 0 aliphatic heterocycles. The first-order valence-electron chi connectivity index (χ1n) is 10.4. The number of nitriles is 1. The van der Waals surface area contributed by atoms with E-state index in [2.05, 4.69) is 20.6 Å². The average Bonchev–Trinajstić information content (AvgIpc) is 3.37. The summed E-state index contributed by atoms with van der Waals surface area (Å²) in [5, 5.41) is 19.8. The number of alkyl halides is 3. The normalized spacial score (nSPS) is 13.1. The third kappa shape index (κ3) is 4.46. The number of anilines is 2. The number of carbonyl (C=O) groups is 1. The Morgan fingerprint density at radius 2 is 1.94 bits per heavy atom. The molecule has 0 spiro atoms. The largest absolute Gasteiger partial charge is 0.401 e. The summed E-state index contributed by atoms with van der Waals surface area (Å²) in [6.45, 7) is 7.30. The number of aromatic nitrogens is 4. The fraction of sp³-hybridized carbons (Fsp3) is 0.409. The van der Waals surface area contributed by atoms with Crippen LogP contribution in [0.2, 0.25) is 0 Å². The number of nitrogens with one attached hydrogen (secondary N) is 1. The molecule has 180 valence electrons. The molecule has 0 fully saturated rings. The van der Waals surface area contributed by atoms with Crippen LogP contribution < -0.4 is 11.1 Å². The summed E-state index contributed by atoms with van der Waals surface area (Å²) in [6, 6.07) is 6.31. The molecular formula is C22H24F3N7O2. The topological polar surface area (TPSA) is 136 Å². The van der Waals surface area contributed by atoms with Crippen LogP contribution >= 0.6 is 0 Å². The first-order valence-corrected chi connectivity index (χ1v) is 10.4. The molecule has 0 saturated heterocycles. The maximum atomic E-state index is 13.2. The van der Waals surface area contributed by atoms with Gasteiger partial charge in [0.15, 0.2) is 11.6 Å². The van der Waals surface area contributed by atoms with Crippen molar-refractivity contribution in [2.75, 3.05) is 11.1 Å². The first-order chi connectivity index (χ1) is 15.8. The van der Waals surface area contributed by atoms with Crippen molar-refractivity contribution in [3.8, 4) is 17.5 Å². The molecule has 0 radical (unpaired) electrons. The zero-order valence-corrected chi connectivity index (χ0v) is 19.2. The quantitative estimate of drug-likeness (QED) is 0.534. The van der Waals surface area contributed by atoms with Crippen LogP contribution in [0.25, 0.3) is 11.4 Å². The minimum Gasteiger partial charge on any atom is -0.383 e. The second-order valence-electron chi connectivity index (χ2n) is 8.65. The minimum atomic E-state index is -4.55. The van der Waals surface area contributed by atoms with Gasteiger partial charge in [0.1, 0.15) is 28.6 Å². The highest BCUT2D eigenvalue weighted by Gasteiger charge is 2.51. The van der Waals surface area contributed by atoms with Crippen molar-refractivity contribution in [2.24, 2.45) is 0 Å². The van der Waals surface area contributed by atoms with E-state index in [0.717, 1.165) is 19.9 Å². The van der Waals surface area contributed by atoms with E-state index in [1.807, 2.05) is 19.9 Å². The number of nitrogen functional groups attached to an aromatic ring is 1. The number of nitrogens with two attached hydrogens (primary N) is 1. The molecule has 3 heterocycles. The number of amides is 1. The van der Waals surface area contributed by atoms with Gasteiger partial charge in [0.2, 0.25) is 5.91 Å². The van der Waals surface area contributed by atoms with Gasteiger partial charge in [0, 0.05) is 18.3 Å². The lowest BCUT2D eigenvalue weighted by molar-refractivity contribution is -0.185. The van der Waals surface area contributed by atoms with Gasteiger partial charge in [0.05, 0.1) is 11.6 Å². The Morgan fingerprint density at radius 1 is 1.26 bits per heavy atom. The van der Waals surface area contributed by atoms with E-state index in [4.69, 9.17) is 10.3 Å². The van der Waals surface area contributed by atoms with Crippen molar-refractivity contribution in [2.45, 2.75) is 58.2 Å². The van der Waals surface area contributed by atoms with Crippen LogP contribution in [-0.2, 0) is 10.2 Å². The molecule has 34 heavy (non-hydrogen) atoms. The Morgan fingerprint density at radius 3 is 2.47 bits per heavy atom. The summed E-state index contributed by atoms with van der Waals surface area (Å²) in [6.07, 6.45) is -3.08. The van der Waals surface area contributed by atoms with Gasteiger partial charge in [-0.25, -0.2) is 4.68 Å². The predicted octanol–water partition coefficient (Wildman–Crippen LogP) is 4.55. The summed E-state index contributed by atoms with van der Waals surface area (Å²) in [4.78, 5) is 17.0. The van der Waals surface area contributed by atoms with Crippen LogP contribution in [0.15, 0.2) is 28.9 Å². The molecule has 0 bridgehead atoms. The van der Waals surface area contributed by atoms with Gasteiger partial charge in [-0.2, -0.15) is 23.5 Å². The SMILES string of the molecule is CC(C(=O)Nc1cc(C(C)(C)C(F)(F)F)on1)c1ccc(-c2nn(C(C)C)c(N)c2C#N)nc1. The van der Waals surface area contributed by atoms with Gasteiger partial charge in [-0.1, -0.05) is 11.2 Å². The minimum absolute atomic E-state index is 0.0532. The van der Waals surface area contributed by atoms with Crippen LogP contribution in [0.3, 0.4) is 0 Å². The smallest absolute Gasteiger partial charge is 0.383 e. The van der Waals surface area contributed by atoms with E-state index in [9.17, 15) is 23.2 Å². The molecular weight excluding hydrogens is 451 g/mol. The second-order valence-corrected chi connectivity index (χ2v) is 8.65. The van der Waals surface area contributed by atoms with Gasteiger partial charge < -0.3 is 15.6 Å². The highest BCUT2D eigenvalue weighted by Crippen LogP contribution is 2.41. The van der Waals surface area contributed by atoms with Crippen molar-refractivity contribution in [3.63, 3.8) is 0 Å². The van der Waals surface area contributed by atoms with Gasteiger partial charge in [-0.3, -0.25) is 9.78 Å². The number of hydrogen-bond donors (Lipinski definition) is 2. The monoisotopic (exact) mass is 475 g/mol. The Bertz CT molecular complexity index is 1230. The molecule has 0 aromatic carbocycles. The Kier molecular flexibility index (Phi) is 6.42. The molecule has 12 heteroatoms. The van der Waals surface area contributed by atoms with E-state index in [1.165, 1.54) is 10.9 Å². The van der Waals surface area contributed by atoms with E-state index in [1.54, 1.807) is 19.1 Å². The Hall–Kier alpha value is -3.88. The summed E-state index contributed by atoms with van der Waals surface area (Å²) < 4.78 is 45.9. The second kappa shape index (κ2) is 8.81. The Balaban J connectivity index is 1.77. The molecule has 1 atom stereocenters. The van der Waals surface area contributed by atoms with Crippen molar-refractivity contribution >= 4 is 17.5 Å². The van der Waals surface area contributed by atoms with Crippen molar-refractivity contribution in [1.82, 2.24) is 19.9 Å².